The minimum Gasteiger partial charge on any atom is -0.480 e. The predicted octanol–water partition coefficient (Wildman–Crippen LogP) is -2.87. The molecule has 8 N–H and O–H groups in total. The summed E-state index contributed by atoms with van der Waals surface area (Å²) in [6.07, 6.45) is -0.948. The molecule has 1 heterocycles. The van der Waals surface area contributed by atoms with E-state index in [4.69, 9.17) is 0 Å². The minimum atomic E-state index is -1.25. The molecular weight excluding hydrogens is 688 g/mol. The van der Waals surface area contributed by atoms with Crippen molar-refractivity contribution in [3.05, 3.63) is 0 Å². The Morgan fingerprint density at radius 1 is 0.385 bits per heavy atom. The number of carboxylic acids is 4. The molecule has 1 rings (SSSR count). The van der Waals surface area contributed by atoms with Gasteiger partial charge in [0.25, 0.3) is 0 Å². The topological polar surface area (TPSA) is 279 Å². The highest BCUT2D eigenvalue weighted by molar-refractivity contribution is 5.80. The van der Waals surface area contributed by atoms with Gasteiger partial charge in [0, 0.05) is 106 Å². The molecule has 52 heavy (non-hydrogen) atoms. The van der Waals surface area contributed by atoms with Gasteiger partial charge in [-0.25, -0.2) is 0 Å². The lowest BCUT2D eigenvalue weighted by Gasteiger charge is -2.40. The highest BCUT2D eigenvalue weighted by atomic mass is 16.4. The van der Waals surface area contributed by atoms with Gasteiger partial charge in [-0.15, -0.1) is 0 Å². The van der Waals surface area contributed by atoms with Gasteiger partial charge in [-0.05, 0) is 25.7 Å². The minimum absolute atomic E-state index is 0.0443. The summed E-state index contributed by atoms with van der Waals surface area (Å²) in [5, 5.41) is 50.8. The molecule has 1 fully saturated rings. The lowest BCUT2D eigenvalue weighted by atomic mass is 10.1. The van der Waals surface area contributed by atoms with Crippen molar-refractivity contribution in [1.29, 1.82) is 0 Å². The molecule has 1 aliphatic heterocycles. The van der Waals surface area contributed by atoms with E-state index in [9.17, 15) is 58.8 Å². The monoisotopic (exact) mass is 744 g/mol. The Hall–Kier alpha value is -4.40. The first-order valence-electron chi connectivity index (χ1n) is 17.3. The van der Waals surface area contributed by atoms with E-state index in [2.05, 4.69) is 21.3 Å². The number of carboxylic acid groups (broad SMARTS) is 4. The molecule has 0 aromatic rings. The van der Waals surface area contributed by atoms with E-state index in [1.807, 2.05) is 0 Å². The van der Waals surface area contributed by atoms with Gasteiger partial charge in [0.2, 0.25) is 23.6 Å². The molecule has 0 radical (unpaired) electrons. The van der Waals surface area contributed by atoms with Crippen molar-refractivity contribution in [1.82, 2.24) is 40.9 Å². The van der Waals surface area contributed by atoms with Crippen LogP contribution >= 0.6 is 0 Å². The number of nitrogens with zero attached hydrogens (tertiary/aromatic N) is 4. The van der Waals surface area contributed by atoms with Gasteiger partial charge in [0.1, 0.15) is 24.2 Å². The Balaban J connectivity index is 3.75. The average Bonchev–Trinajstić information content (AvgIpc) is 3.10. The molecule has 0 aromatic heterocycles. The van der Waals surface area contributed by atoms with Crippen molar-refractivity contribution in [2.75, 3.05) is 80.5 Å². The molecule has 20 heteroatoms. The maximum Gasteiger partial charge on any atom is 0.320 e. The number of aliphatic carboxylic acids is 4. The molecule has 4 amide bonds. The van der Waals surface area contributed by atoms with Gasteiger partial charge in [0.05, 0.1) is 0 Å². The number of hydrogen-bond acceptors (Lipinski definition) is 12. The fourth-order valence-corrected chi connectivity index (χ4v) is 6.14. The van der Waals surface area contributed by atoms with Crippen LogP contribution in [0.3, 0.4) is 0 Å². The van der Waals surface area contributed by atoms with E-state index in [1.165, 1.54) is 28.2 Å². The number of nitrogens with one attached hydrogen (secondary N) is 4. The van der Waals surface area contributed by atoms with Crippen molar-refractivity contribution in [3.63, 3.8) is 0 Å². The lowest BCUT2D eigenvalue weighted by molar-refractivity contribution is -0.148. The zero-order valence-corrected chi connectivity index (χ0v) is 30.5. The number of carbonyl (C=O) groups excluding carboxylic acids is 4. The Morgan fingerprint density at radius 3 is 0.654 bits per heavy atom. The SMILES string of the molecule is CNC(=O)CC[C@@H](C(=O)O)N1CCN([C@@H](CCC(=O)NC)C(=O)O)CCN([C@@H](CCC(=O)NC)C(=O)O)CCN([C@@H](CCC(=O)NC)C(=O)O)CC1. The van der Waals surface area contributed by atoms with Crippen LogP contribution in [0.1, 0.15) is 51.4 Å². The Bertz CT molecular complexity index is 1040. The molecule has 0 spiro atoms. The maximum absolute atomic E-state index is 12.6. The van der Waals surface area contributed by atoms with Crippen LogP contribution in [0.25, 0.3) is 0 Å². The van der Waals surface area contributed by atoms with Gasteiger partial charge >= 0.3 is 23.9 Å². The fraction of sp³-hybridized carbons (Fsp3) is 0.750. The van der Waals surface area contributed by atoms with Crippen molar-refractivity contribution in [2.45, 2.75) is 75.5 Å². The van der Waals surface area contributed by atoms with Crippen LogP contribution in [-0.2, 0) is 38.4 Å². The highest BCUT2D eigenvalue weighted by Gasteiger charge is 2.35. The molecule has 0 aliphatic carbocycles. The summed E-state index contributed by atoms with van der Waals surface area (Å²) in [5.41, 5.74) is 0. The van der Waals surface area contributed by atoms with Gasteiger partial charge in [-0.1, -0.05) is 0 Å². The summed E-state index contributed by atoms with van der Waals surface area (Å²) >= 11 is 0. The lowest BCUT2D eigenvalue weighted by Crippen LogP contribution is -2.56. The van der Waals surface area contributed by atoms with Crippen LogP contribution in [0, 0.1) is 0 Å². The van der Waals surface area contributed by atoms with E-state index in [0.717, 1.165) is 0 Å². The first kappa shape index (κ1) is 45.6. The maximum atomic E-state index is 12.6. The number of amides is 4. The van der Waals surface area contributed by atoms with Crippen molar-refractivity contribution in [2.24, 2.45) is 0 Å². The standard InChI is InChI=1S/C32H56N8O12/c1-33-25(41)9-5-21(29(45)46)37-13-15-38(22(30(47)48)6-10-26(42)34-2)17-19-40(24(32(51)52)8-12-28(44)36-4)20-18-39(16-14-37)23(31(49)50)7-11-27(43)35-3/h21-24H,5-20H2,1-4H3,(H,33,41)(H,34,42)(H,35,43)(H,36,44)(H,45,46)(H,47,48)(H,49,50)(H,51,52)/t21-,22-,23-,24-/m0/s1. The second-order valence-electron chi connectivity index (χ2n) is 12.4. The third kappa shape index (κ3) is 15.9. The number of carbonyl (C=O) groups is 8. The zero-order chi connectivity index (χ0) is 39.4. The summed E-state index contributed by atoms with van der Waals surface area (Å²) < 4.78 is 0. The van der Waals surface area contributed by atoms with E-state index in [-0.39, 0.29) is 104 Å². The summed E-state index contributed by atoms with van der Waals surface area (Å²) in [6.45, 7) is -0.355. The molecular formula is C32H56N8O12. The normalized spacial score (nSPS) is 17.9. The predicted molar refractivity (Wildman–Crippen MR) is 185 cm³/mol. The van der Waals surface area contributed by atoms with Crippen molar-refractivity contribution < 1.29 is 58.8 Å². The summed E-state index contributed by atoms with van der Waals surface area (Å²) in [5.74, 6) is -6.56. The third-order valence-corrected chi connectivity index (χ3v) is 9.30. The van der Waals surface area contributed by atoms with E-state index in [0.29, 0.717) is 0 Å². The third-order valence-electron chi connectivity index (χ3n) is 9.30. The van der Waals surface area contributed by atoms with E-state index < -0.39 is 71.7 Å². The number of hydrogen-bond donors (Lipinski definition) is 8. The molecule has 1 aliphatic rings. The van der Waals surface area contributed by atoms with E-state index >= 15 is 0 Å². The fourth-order valence-electron chi connectivity index (χ4n) is 6.14. The van der Waals surface area contributed by atoms with Crippen LogP contribution in [0.5, 0.6) is 0 Å². The van der Waals surface area contributed by atoms with E-state index in [1.54, 1.807) is 19.6 Å². The molecule has 0 unspecified atom stereocenters. The molecule has 1 saturated heterocycles. The Kier molecular flexibility index (Phi) is 21.0. The molecule has 0 aromatic carbocycles. The van der Waals surface area contributed by atoms with Crippen LogP contribution in [-0.4, -0.2) is 192 Å². The van der Waals surface area contributed by atoms with Crippen molar-refractivity contribution in [3.8, 4) is 0 Å². The van der Waals surface area contributed by atoms with Crippen LogP contribution in [0.2, 0.25) is 0 Å². The van der Waals surface area contributed by atoms with Gasteiger partial charge in [0.15, 0.2) is 0 Å². The quantitative estimate of drug-likeness (QED) is 0.0622. The second-order valence-corrected chi connectivity index (χ2v) is 12.4. The van der Waals surface area contributed by atoms with Gasteiger partial charge < -0.3 is 41.7 Å². The molecule has 0 bridgehead atoms. The second kappa shape index (κ2) is 24.0. The highest BCUT2D eigenvalue weighted by Crippen LogP contribution is 2.18. The first-order chi connectivity index (χ1) is 24.6. The molecule has 296 valence electrons. The largest absolute Gasteiger partial charge is 0.480 e. The Morgan fingerprint density at radius 2 is 0.538 bits per heavy atom. The summed E-state index contributed by atoms with van der Waals surface area (Å²) in [7, 11) is 5.65. The zero-order valence-electron chi connectivity index (χ0n) is 30.5. The Labute approximate surface area is 303 Å². The molecule has 20 nitrogen and oxygen atoms in total. The summed E-state index contributed by atoms with van der Waals surface area (Å²) in [4.78, 5) is 105. The first-order valence-corrected chi connectivity index (χ1v) is 17.3. The molecule has 0 saturated carbocycles. The van der Waals surface area contributed by atoms with Gasteiger partial charge in [-0.3, -0.25) is 58.0 Å². The van der Waals surface area contributed by atoms with Crippen LogP contribution in [0.4, 0.5) is 0 Å². The molecule has 4 atom stereocenters. The van der Waals surface area contributed by atoms with Crippen molar-refractivity contribution >= 4 is 47.5 Å². The summed E-state index contributed by atoms with van der Waals surface area (Å²) in [6, 6.07) is -4.87. The van der Waals surface area contributed by atoms with Gasteiger partial charge in [-0.2, -0.15) is 0 Å². The number of rotatable bonds is 20. The van der Waals surface area contributed by atoms with Crippen LogP contribution < -0.4 is 21.3 Å². The smallest absolute Gasteiger partial charge is 0.320 e. The van der Waals surface area contributed by atoms with Crippen LogP contribution in [0.15, 0.2) is 0 Å². The average molecular weight is 745 g/mol.